The number of piperidine rings is 1. The molecule has 3 rings (SSSR count). The number of rotatable bonds is 7. The van der Waals surface area contributed by atoms with Crippen molar-refractivity contribution in [1.29, 1.82) is 0 Å². The summed E-state index contributed by atoms with van der Waals surface area (Å²) in [6.45, 7) is 6.44. The van der Waals surface area contributed by atoms with Gasteiger partial charge in [-0.1, -0.05) is 31.5 Å². The summed E-state index contributed by atoms with van der Waals surface area (Å²) < 4.78 is 24.9. The smallest absolute Gasteiger partial charge is 0.260 e. The second-order valence-electron chi connectivity index (χ2n) is 8.57. The van der Waals surface area contributed by atoms with Gasteiger partial charge in [-0.15, -0.1) is 0 Å². The molecule has 0 bridgehead atoms. The number of aryl methyl sites for hydroxylation is 1. The van der Waals surface area contributed by atoms with Crippen LogP contribution in [0.25, 0.3) is 0 Å². The Kier molecular flexibility index (Phi) is 7.44. The highest BCUT2D eigenvalue weighted by Gasteiger charge is 2.44. The van der Waals surface area contributed by atoms with Crippen molar-refractivity contribution in [3.63, 3.8) is 0 Å². The fourth-order valence-electron chi connectivity index (χ4n) is 3.89. The SMILES string of the molecule is Cc1ccc(Cl)c(OCC(=O)N2CC[C@@](O)(CC(C)C)[C@@H](Oc3ccc(F)cc3)C2)c1. The number of carbonyl (C=O) groups is 1. The van der Waals surface area contributed by atoms with Crippen molar-refractivity contribution in [2.45, 2.75) is 45.3 Å². The van der Waals surface area contributed by atoms with Crippen LogP contribution in [0.3, 0.4) is 0 Å². The van der Waals surface area contributed by atoms with E-state index in [-0.39, 0.29) is 30.8 Å². The van der Waals surface area contributed by atoms with Gasteiger partial charge in [0.1, 0.15) is 29.0 Å². The molecule has 31 heavy (non-hydrogen) atoms. The number of hydrogen-bond acceptors (Lipinski definition) is 4. The van der Waals surface area contributed by atoms with Crippen LogP contribution >= 0.6 is 11.6 Å². The van der Waals surface area contributed by atoms with Gasteiger partial charge in [-0.25, -0.2) is 4.39 Å². The van der Waals surface area contributed by atoms with Crippen LogP contribution < -0.4 is 9.47 Å². The molecule has 0 spiro atoms. The summed E-state index contributed by atoms with van der Waals surface area (Å²) in [5, 5.41) is 11.8. The third-order valence-electron chi connectivity index (χ3n) is 5.44. The zero-order valence-corrected chi connectivity index (χ0v) is 18.9. The highest BCUT2D eigenvalue weighted by molar-refractivity contribution is 6.32. The van der Waals surface area contributed by atoms with Crippen molar-refractivity contribution >= 4 is 17.5 Å². The van der Waals surface area contributed by atoms with Gasteiger partial charge >= 0.3 is 0 Å². The molecule has 1 saturated heterocycles. The first-order chi connectivity index (χ1) is 14.7. The van der Waals surface area contributed by atoms with Gasteiger partial charge in [-0.3, -0.25) is 4.79 Å². The van der Waals surface area contributed by atoms with Gasteiger partial charge in [0.2, 0.25) is 0 Å². The van der Waals surface area contributed by atoms with E-state index in [2.05, 4.69) is 0 Å². The minimum absolute atomic E-state index is 0.158. The lowest BCUT2D eigenvalue weighted by Crippen LogP contribution is -2.60. The Bertz CT molecular complexity index is 905. The third kappa shape index (κ3) is 6.11. The first-order valence-electron chi connectivity index (χ1n) is 10.5. The van der Waals surface area contributed by atoms with E-state index >= 15 is 0 Å². The number of carbonyl (C=O) groups excluding carboxylic acids is 1. The van der Waals surface area contributed by atoms with Crippen LogP contribution in [-0.2, 0) is 4.79 Å². The predicted octanol–water partition coefficient (Wildman–Crippen LogP) is 4.62. The van der Waals surface area contributed by atoms with E-state index in [9.17, 15) is 14.3 Å². The van der Waals surface area contributed by atoms with E-state index in [4.69, 9.17) is 21.1 Å². The van der Waals surface area contributed by atoms with Crippen LogP contribution in [0.4, 0.5) is 4.39 Å². The maximum Gasteiger partial charge on any atom is 0.260 e. The minimum Gasteiger partial charge on any atom is -0.486 e. The molecule has 1 aliphatic rings. The molecule has 7 heteroatoms. The summed E-state index contributed by atoms with van der Waals surface area (Å²) in [5.41, 5.74) is -0.101. The van der Waals surface area contributed by atoms with E-state index in [1.54, 1.807) is 17.0 Å². The quantitative estimate of drug-likeness (QED) is 0.669. The summed E-state index contributed by atoms with van der Waals surface area (Å²) in [7, 11) is 0. The fourth-order valence-corrected chi connectivity index (χ4v) is 4.07. The maximum atomic E-state index is 13.3. The molecule has 168 valence electrons. The molecule has 2 atom stereocenters. The first kappa shape index (κ1) is 23.4. The molecule has 0 radical (unpaired) electrons. The average molecular weight is 450 g/mol. The average Bonchev–Trinajstić information content (AvgIpc) is 2.71. The largest absolute Gasteiger partial charge is 0.486 e. The zero-order valence-electron chi connectivity index (χ0n) is 18.1. The lowest BCUT2D eigenvalue weighted by atomic mass is 9.81. The predicted molar refractivity (Wildman–Crippen MR) is 118 cm³/mol. The molecule has 1 fully saturated rings. The number of amides is 1. The number of hydrogen-bond donors (Lipinski definition) is 1. The number of ether oxygens (including phenoxy) is 2. The third-order valence-corrected chi connectivity index (χ3v) is 5.76. The molecule has 2 aromatic rings. The van der Waals surface area contributed by atoms with E-state index in [0.29, 0.717) is 35.9 Å². The van der Waals surface area contributed by atoms with Crippen LogP contribution in [0.5, 0.6) is 11.5 Å². The van der Waals surface area contributed by atoms with E-state index in [1.165, 1.54) is 24.3 Å². The van der Waals surface area contributed by atoms with Crippen molar-refractivity contribution in [3.05, 3.63) is 58.9 Å². The molecule has 1 N–H and O–H groups in total. The number of benzene rings is 2. The standard InChI is InChI=1S/C24H29ClFNO4/c1-16(2)13-24(29)10-11-27(14-22(24)31-19-7-5-18(26)6-8-19)23(28)15-30-21-12-17(3)4-9-20(21)25/h4-9,12,16,22,29H,10-11,13-15H2,1-3H3/t22-,24+/m0/s1. The Morgan fingerprint density at radius 3 is 2.68 bits per heavy atom. The van der Waals surface area contributed by atoms with Crippen molar-refractivity contribution in [1.82, 2.24) is 4.90 Å². The van der Waals surface area contributed by atoms with Crippen LogP contribution in [0.2, 0.25) is 5.02 Å². The Morgan fingerprint density at radius 2 is 2.00 bits per heavy atom. The monoisotopic (exact) mass is 449 g/mol. The lowest BCUT2D eigenvalue weighted by Gasteiger charge is -2.45. The second kappa shape index (κ2) is 9.88. The highest BCUT2D eigenvalue weighted by Crippen LogP contribution is 2.33. The van der Waals surface area contributed by atoms with Gasteiger partial charge in [0.15, 0.2) is 6.61 Å². The summed E-state index contributed by atoms with van der Waals surface area (Å²) in [5.74, 6) is 0.584. The Balaban J connectivity index is 1.70. The Morgan fingerprint density at radius 1 is 1.29 bits per heavy atom. The van der Waals surface area contributed by atoms with E-state index in [1.807, 2.05) is 26.8 Å². The van der Waals surface area contributed by atoms with Crippen molar-refractivity contribution in [2.75, 3.05) is 19.7 Å². The van der Waals surface area contributed by atoms with Crippen LogP contribution in [0.1, 0.15) is 32.3 Å². The van der Waals surface area contributed by atoms with Gasteiger partial charge in [-0.05, 0) is 67.6 Å². The van der Waals surface area contributed by atoms with E-state index in [0.717, 1.165) is 5.56 Å². The maximum absolute atomic E-state index is 13.3. The van der Waals surface area contributed by atoms with Crippen molar-refractivity contribution in [2.24, 2.45) is 5.92 Å². The van der Waals surface area contributed by atoms with Gasteiger partial charge in [-0.2, -0.15) is 0 Å². The summed E-state index contributed by atoms with van der Waals surface area (Å²) in [6, 6.07) is 11.0. The topological polar surface area (TPSA) is 59.0 Å². The van der Waals surface area contributed by atoms with Crippen LogP contribution in [-0.4, -0.2) is 47.3 Å². The van der Waals surface area contributed by atoms with Crippen molar-refractivity contribution in [3.8, 4) is 11.5 Å². The molecule has 0 unspecified atom stereocenters. The number of nitrogens with zero attached hydrogens (tertiary/aromatic N) is 1. The number of likely N-dealkylation sites (tertiary alicyclic amines) is 1. The van der Waals surface area contributed by atoms with E-state index < -0.39 is 11.7 Å². The Hall–Kier alpha value is -2.31. The fraction of sp³-hybridized carbons (Fsp3) is 0.458. The zero-order chi connectivity index (χ0) is 22.6. The molecule has 0 aliphatic carbocycles. The lowest BCUT2D eigenvalue weighted by molar-refractivity contribution is -0.150. The molecular weight excluding hydrogens is 421 g/mol. The summed E-state index contributed by atoms with van der Waals surface area (Å²) in [6.07, 6.45) is 0.283. The molecular formula is C24H29ClFNO4. The van der Waals surface area contributed by atoms with Gasteiger partial charge < -0.3 is 19.5 Å². The van der Waals surface area contributed by atoms with Gasteiger partial charge in [0.25, 0.3) is 5.91 Å². The first-order valence-corrected chi connectivity index (χ1v) is 10.9. The highest BCUT2D eigenvalue weighted by atomic mass is 35.5. The number of aliphatic hydroxyl groups is 1. The van der Waals surface area contributed by atoms with Crippen LogP contribution in [0, 0.1) is 18.7 Å². The molecule has 0 saturated carbocycles. The van der Waals surface area contributed by atoms with Crippen molar-refractivity contribution < 1.29 is 23.8 Å². The van der Waals surface area contributed by atoms with Gasteiger partial charge in [0.05, 0.1) is 11.6 Å². The molecule has 1 aliphatic heterocycles. The Labute approximate surface area is 187 Å². The summed E-state index contributed by atoms with van der Waals surface area (Å²) in [4.78, 5) is 14.4. The molecule has 1 amide bonds. The minimum atomic E-state index is -1.08. The van der Waals surface area contributed by atoms with Crippen LogP contribution in [0.15, 0.2) is 42.5 Å². The normalized spacial score (nSPS) is 21.3. The number of halogens is 2. The summed E-state index contributed by atoms with van der Waals surface area (Å²) >= 11 is 6.15. The molecule has 5 nitrogen and oxygen atoms in total. The van der Waals surface area contributed by atoms with Gasteiger partial charge in [0, 0.05) is 6.54 Å². The molecule has 0 aromatic heterocycles. The second-order valence-corrected chi connectivity index (χ2v) is 8.98. The molecule has 1 heterocycles. The molecule has 2 aromatic carbocycles.